The molecule has 0 unspecified atom stereocenters. The summed E-state index contributed by atoms with van der Waals surface area (Å²) >= 11 is 1.50. The van der Waals surface area contributed by atoms with E-state index in [1.54, 1.807) is 30.1 Å². The van der Waals surface area contributed by atoms with Gasteiger partial charge in [0, 0.05) is 7.05 Å². The number of amides is 1. The van der Waals surface area contributed by atoms with Crippen molar-refractivity contribution >= 4 is 22.2 Å². The van der Waals surface area contributed by atoms with Crippen LogP contribution in [0.2, 0.25) is 0 Å². The molecule has 0 saturated carbocycles. The van der Waals surface area contributed by atoms with Gasteiger partial charge in [0.05, 0.1) is 0 Å². The van der Waals surface area contributed by atoms with E-state index in [4.69, 9.17) is 5.26 Å². The minimum atomic E-state index is -0.211. The predicted octanol–water partition coefficient (Wildman–Crippen LogP) is 2.60. The lowest BCUT2D eigenvalue weighted by molar-refractivity contribution is 0.0988. The van der Waals surface area contributed by atoms with Crippen molar-refractivity contribution in [3.63, 3.8) is 0 Å². The first-order valence-corrected chi connectivity index (χ1v) is 6.20. The molecule has 18 heavy (non-hydrogen) atoms. The van der Waals surface area contributed by atoms with Crippen LogP contribution in [0.25, 0.3) is 0 Å². The highest BCUT2D eigenvalue weighted by molar-refractivity contribution is 7.14. The van der Waals surface area contributed by atoms with Crippen molar-refractivity contribution in [3.05, 3.63) is 46.6 Å². The zero-order valence-electron chi connectivity index (χ0n) is 10.0. The smallest absolute Gasteiger partial charge is 0.277 e. The molecule has 0 N–H and O–H groups in total. The summed E-state index contributed by atoms with van der Waals surface area (Å²) in [4.78, 5) is 17.8. The second-order valence-electron chi connectivity index (χ2n) is 3.79. The van der Waals surface area contributed by atoms with E-state index in [-0.39, 0.29) is 17.3 Å². The predicted molar refractivity (Wildman–Crippen MR) is 70.7 cm³/mol. The van der Waals surface area contributed by atoms with Gasteiger partial charge in [-0.2, -0.15) is 5.26 Å². The van der Waals surface area contributed by atoms with Gasteiger partial charge in [0.2, 0.25) is 0 Å². The number of pyridine rings is 1. The Hall–Kier alpha value is -2.19. The Bertz CT molecular complexity index is 627. The maximum atomic E-state index is 12.2. The number of thiophene rings is 1. The fourth-order valence-electron chi connectivity index (χ4n) is 1.59. The maximum absolute atomic E-state index is 12.2. The third-order valence-corrected chi connectivity index (χ3v) is 3.62. The number of rotatable bonds is 2. The number of carbonyl (C=O) groups excluding carboxylic acids is 1. The van der Waals surface area contributed by atoms with E-state index >= 15 is 0 Å². The van der Waals surface area contributed by atoms with Crippen molar-refractivity contribution in [2.75, 3.05) is 11.9 Å². The molecule has 2 aromatic rings. The summed E-state index contributed by atoms with van der Waals surface area (Å²) < 4.78 is 0. The summed E-state index contributed by atoms with van der Waals surface area (Å²) in [5, 5.41) is 11.6. The van der Waals surface area contributed by atoms with Crippen LogP contribution in [0, 0.1) is 18.3 Å². The average molecular weight is 257 g/mol. The fraction of sp³-hybridized carbons (Fsp3) is 0.154. The largest absolute Gasteiger partial charge is 0.301 e. The van der Waals surface area contributed by atoms with Gasteiger partial charge in [0.1, 0.15) is 22.5 Å². The lowest BCUT2D eigenvalue weighted by Gasteiger charge is -2.15. The monoisotopic (exact) mass is 257 g/mol. The van der Waals surface area contributed by atoms with Crippen molar-refractivity contribution in [1.29, 1.82) is 5.26 Å². The van der Waals surface area contributed by atoms with Crippen LogP contribution in [0.15, 0.2) is 29.6 Å². The van der Waals surface area contributed by atoms with Crippen molar-refractivity contribution < 1.29 is 4.79 Å². The molecule has 0 atom stereocenters. The van der Waals surface area contributed by atoms with Gasteiger partial charge < -0.3 is 4.90 Å². The number of hydrogen-bond acceptors (Lipinski definition) is 4. The van der Waals surface area contributed by atoms with Crippen LogP contribution in [0.5, 0.6) is 0 Å². The van der Waals surface area contributed by atoms with Crippen LogP contribution in [0.4, 0.5) is 5.00 Å². The van der Waals surface area contributed by atoms with E-state index < -0.39 is 0 Å². The first-order chi connectivity index (χ1) is 8.63. The third-order valence-electron chi connectivity index (χ3n) is 2.53. The van der Waals surface area contributed by atoms with Crippen molar-refractivity contribution in [2.45, 2.75) is 6.92 Å². The normalized spacial score (nSPS) is 9.83. The van der Waals surface area contributed by atoms with Crippen molar-refractivity contribution in [1.82, 2.24) is 4.98 Å². The molecule has 0 saturated heterocycles. The molecule has 0 aromatic carbocycles. The summed E-state index contributed by atoms with van der Waals surface area (Å²) in [6.45, 7) is 1.95. The molecule has 90 valence electrons. The number of carbonyl (C=O) groups is 1. The maximum Gasteiger partial charge on any atom is 0.277 e. The number of aromatic nitrogens is 1. The van der Waals surface area contributed by atoms with Gasteiger partial charge in [-0.3, -0.25) is 4.79 Å². The van der Waals surface area contributed by atoms with Gasteiger partial charge in [0.25, 0.3) is 5.91 Å². The first-order valence-electron chi connectivity index (χ1n) is 5.33. The van der Waals surface area contributed by atoms with E-state index in [9.17, 15) is 4.79 Å². The van der Waals surface area contributed by atoms with Gasteiger partial charge in [-0.15, -0.1) is 11.3 Å². The fourth-order valence-corrected chi connectivity index (χ4v) is 2.48. The van der Waals surface area contributed by atoms with Crippen molar-refractivity contribution in [3.8, 4) is 6.07 Å². The van der Waals surface area contributed by atoms with E-state index in [2.05, 4.69) is 4.98 Å². The van der Waals surface area contributed by atoms with E-state index in [0.717, 1.165) is 10.6 Å². The average Bonchev–Trinajstić information content (AvgIpc) is 2.83. The summed E-state index contributed by atoms with van der Waals surface area (Å²) in [5.41, 5.74) is 1.58. The van der Waals surface area contributed by atoms with Crippen LogP contribution in [0.3, 0.4) is 0 Å². The van der Waals surface area contributed by atoms with Crippen LogP contribution in [-0.4, -0.2) is 17.9 Å². The van der Waals surface area contributed by atoms with E-state index in [0.29, 0.717) is 0 Å². The molecule has 0 aliphatic carbocycles. The molecule has 0 radical (unpaired) electrons. The minimum Gasteiger partial charge on any atom is -0.301 e. The van der Waals surface area contributed by atoms with Gasteiger partial charge >= 0.3 is 0 Å². The summed E-state index contributed by atoms with van der Waals surface area (Å²) in [7, 11) is 1.71. The molecule has 0 fully saturated rings. The SMILES string of the molecule is Cc1ccsc1N(C)C(=O)c1cccc(C#N)n1. The third kappa shape index (κ3) is 2.24. The quantitative estimate of drug-likeness (QED) is 0.831. The second-order valence-corrected chi connectivity index (χ2v) is 4.69. The molecule has 0 aliphatic rings. The Labute approximate surface area is 109 Å². The zero-order valence-corrected chi connectivity index (χ0v) is 10.9. The van der Waals surface area contributed by atoms with Gasteiger partial charge in [-0.25, -0.2) is 4.98 Å². The number of hydrogen-bond donors (Lipinski definition) is 0. The molecule has 2 rings (SSSR count). The molecule has 4 nitrogen and oxygen atoms in total. The number of anilines is 1. The lowest BCUT2D eigenvalue weighted by atomic mass is 10.2. The van der Waals surface area contributed by atoms with Gasteiger partial charge in [-0.1, -0.05) is 6.07 Å². The minimum absolute atomic E-state index is 0.211. The highest BCUT2D eigenvalue weighted by Gasteiger charge is 2.17. The summed E-state index contributed by atoms with van der Waals surface area (Å²) in [5.74, 6) is -0.211. The Balaban J connectivity index is 2.32. The summed E-state index contributed by atoms with van der Waals surface area (Å²) in [6.07, 6.45) is 0. The molecular formula is C13H11N3OS. The second kappa shape index (κ2) is 4.98. The van der Waals surface area contributed by atoms with Gasteiger partial charge in [0.15, 0.2) is 0 Å². The standard InChI is InChI=1S/C13H11N3OS/c1-9-6-7-18-13(9)16(2)12(17)11-5-3-4-10(8-14)15-11/h3-7H,1-2H3. The molecule has 2 aromatic heterocycles. The number of nitriles is 1. The molecule has 0 bridgehead atoms. The zero-order chi connectivity index (χ0) is 13.1. The highest BCUT2D eigenvalue weighted by atomic mass is 32.1. The summed E-state index contributed by atoms with van der Waals surface area (Å²) in [6, 6.07) is 8.74. The topological polar surface area (TPSA) is 57.0 Å². The molecule has 2 heterocycles. The molecule has 5 heteroatoms. The lowest BCUT2D eigenvalue weighted by Crippen LogP contribution is -2.26. The molecule has 0 aliphatic heterocycles. The molecular weight excluding hydrogens is 246 g/mol. The Morgan fingerprint density at radius 2 is 2.22 bits per heavy atom. The van der Waals surface area contributed by atoms with Crippen LogP contribution >= 0.6 is 11.3 Å². The highest BCUT2D eigenvalue weighted by Crippen LogP contribution is 2.26. The number of aryl methyl sites for hydroxylation is 1. The van der Waals surface area contributed by atoms with Crippen LogP contribution in [-0.2, 0) is 0 Å². The Kier molecular flexibility index (Phi) is 3.40. The first kappa shape index (κ1) is 12.3. The molecule has 1 amide bonds. The van der Waals surface area contributed by atoms with Crippen molar-refractivity contribution in [2.24, 2.45) is 0 Å². The molecule has 0 spiro atoms. The van der Waals surface area contributed by atoms with Crippen LogP contribution in [0.1, 0.15) is 21.7 Å². The van der Waals surface area contributed by atoms with Gasteiger partial charge in [-0.05, 0) is 36.1 Å². The Morgan fingerprint density at radius 3 is 2.83 bits per heavy atom. The Morgan fingerprint density at radius 1 is 1.44 bits per heavy atom. The van der Waals surface area contributed by atoms with E-state index in [1.807, 2.05) is 24.4 Å². The van der Waals surface area contributed by atoms with E-state index in [1.165, 1.54) is 11.3 Å². The number of nitrogens with zero attached hydrogens (tertiary/aromatic N) is 3. The van der Waals surface area contributed by atoms with Crippen LogP contribution < -0.4 is 4.90 Å².